The van der Waals surface area contributed by atoms with Crippen LogP contribution in [0.4, 0.5) is 11.4 Å². The molecule has 0 saturated heterocycles. The quantitative estimate of drug-likeness (QED) is 0.413. The second kappa shape index (κ2) is 10.3. The number of amidine groups is 2. The van der Waals surface area contributed by atoms with Gasteiger partial charge in [-0.1, -0.05) is 0 Å². The van der Waals surface area contributed by atoms with E-state index in [1.165, 1.54) is 7.11 Å². The van der Waals surface area contributed by atoms with Gasteiger partial charge in [-0.15, -0.1) is 0 Å². The van der Waals surface area contributed by atoms with Crippen LogP contribution in [-0.4, -0.2) is 56.8 Å². The van der Waals surface area contributed by atoms with Crippen LogP contribution in [0.25, 0.3) is 0 Å². The molecule has 5 rings (SSSR count). The summed E-state index contributed by atoms with van der Waals surface area (Å²) >= 11 is 0. The van der Waals surface area contributed by atoms with E-state index in [4.69, 9.17) is 4.74 Å². The van der Waals surface area contributed by atoms with Crippen LogP contribution in [0, 0.1) is 0 Å². The molecule has 0 aromatic heterocycles. The number of rotatable bonds is 7. The molecule has 9 nitrogen and oxygen atoms in total. The number of hydrogen-bond acceptors (Lipinski definition) is 7. The number of benzene rings is 3. The molecule has 0 atom stereocenters. The number of methoxy groups -OCH3 is 1. The molecule has 9 heteroatoms. The van der Waals surface area contributed by atoms with Crippen molar-refractivity contribution in [3.8, 4) is 5.75 Å². The van der Waals surface area contributed by atoms with Crippen molar-refractivity contribution in [1.29, 1.82) is 0 Å². The predicted octanol–water partition coefficient (Wildman–Crippen LogP) is 2.90. The Bertz CT molecular complexity index is 1350. The lowest BCUT2D eigenvalue weighted by molar-refractivity contribution is 0.101. The van der Waals surface area contributed by atoms with Crippen LogP contribution in [0.3, 0.4) is 0 Å². The van der Waals surface area contributed by atoms with E-state index in [9.17, 15) is 9.59 Å². The number of nitrogens with zero attached hydrogens (tertiary/aromatic N) is 2. The Balaban J connectivity index is 1.25. The van der Waals surface area contributed by atoms with Crippen molar-refractivity contribution < 1.29 is 14.3 Å². The molecule has 0 unspecified atom stereocenters. The van der Waals surface area contributed by atoms with Crippen LogP contribution in [0.15, 0.2) is 76.7 Å². The van der Waals surface area contributed by atoms with Crippen molar-refractivity contribution in [3.63, 3.8) is 0 Å². The highest BCUT2D eigenvalue weighted by atomic mass is 16.5. The van der Waals surface area contributed by atoms with Gasteiger partial charge >= 0.3 is 0 Å². The molecule has 2 aliphatic rings. The van der Waals surface area contributed by atoms with Gasteiger partial charge < -0.3 is 26.0 Å². The van der Waals surface area contributed by atoms with Gasteiger partial charge in [0, 0.05) is 41.2 Å². The maximum absolute atomic E-state index is 12.9. The maximum atomic E-state index is 12.9. The summed E-state index contributed by atoms with van der Waals surface area (Å²) in [5, 5.41) is 12.2. The van der Waals surface area contributed by atoms with E-state index < -0.39 is 0 Å². The van der Waals surface area contributed by atoms with E-state index in [1.807, 2.05) is 48.5 Å². The molecule has 0 radical (unpaired) electrons. The third kappa shape index (κ3) is 5.05. The molecule has 0 spiro atoms. The average molecular weight is 483 g/mol. The Labute approximate surface area is 208 Å². The Morgan fingerprint density at radius 3 is 1.75 bits per heavy atom. The van der Waals surface area contributed by atoms with Crippen molar-refractivity contribution >= 4 is 34.9 Å². The minimum atomic E-state index is -0.332. The van der Waals surface area contributed by atoms with Crippen molar-refractivity contribution in [2.24, 2.45) is 9.98 Å². The fourth-order valence-electron chi connectivity index (χ4n) is 4.03. The Kier molecular flexibility index (Phi) is 6.61. The lowest BCUT2D eigenvalue weighted by Gasteiger charge is -2.12. The first-order valence-corrected chi connectivity index (χ1v) is 11.7. The van der Waals surface area contributed by atoms with Crippen LogP contribution < -0.4 is 26.0 Å². The fraction of sp³-hybridized carbons (Fsp3) is 0.185. The molecule has 3 aromatic carbocycles. The SMILES string of the molecule is COc1cc(C(=O)Nc2ccc(C3=NCCN3)cc2)ccc1C(=O)Nc1ccc(C2=NCCN2)cc1. The summed E-state index contributed by atoms with van der Waals surface area (Å²) in [4.78, 5) is 34.5. The summed E-state index contributed by atoms with van der Waals surface area (Å²) in [6.07, 6.45) is 0. The molecular formula is C27H26N6O3. The summed E-state index contributed by atoms with van der Waals surface area (Å²) in [6, 6.07) is 19.7. The molecular weight excluding hydrogens is 456 g/mol. The van der Waals surface area contributed by atoms with E-state index in [-0.39, 0.29) is 11.8 Å². The molecule has 2 aliphatic heterocycles. The first kappa shape index (κ1) is 23.1. The maximum Gasteiger partial charge on any atom is 0.259 e. The number of nitrogens with one attached hydrogen (secondary N) is 4. The predicted molar refractivity (Wildman–Crippen MR) is 141 cm³/mol. The average Bonchev–Trinajstić information content (AvgIpc) is 3.64. The number of ether oxygens (including phenoxy) is 1. The van der Waals surface area contributed by atoms with Crippen molar-refractivity contribution in [2.45, 2.75) is 0 Å². The van der Waals surface area contributed by atoms with Crippen molar-refractivity contribution in [3.05, 3.63) is 89.0 Å². The molecule has 0 fully saturated rings. The summed E-state index contributed by atoms with van der Waals surface area (Å²) in [6.45, 7) is 3.21. The second-order valence-corrected chi connectivity index (χ2v) is 8.29. The van der Waals surface area contributed by atoms with Gasteiger partial charge in [0.05, 0.1) is 25.8 Å². The van der Waals surface area contributed by atoms with Gasteiger partial charge in [-0.25, -0.2) is 0 Å². The Hall–Kier alpha value is -4.66. The highest BCUT2D eigenvalue weighted by molar-refractivity contribution is 6.09. The molecule has 4 N–H and O–H groups in total. The monoisotopic (exact) mass is 482 g/mol. The van der Waals surface area contributed by atoms with Crippen LogP contribution in [0.2, 0.25) is 0 Å². The van der Waals surface area contributed by atoms with Crippen LogP contribution in [-0.2, 0) is 0 Å². The van der Waals surface area contributed by atoms with E-state index in [2.05, 4.69) is 31.3 Å². The van der Waals surface area contributed by atoms with Crippen LogP contribution >= 0.6 is 0 Å². The topological polar surface area (TPSA) is 116 Å². The summed E-state index contributed by atoms with van der Waals surface area (Å²) in [7, 11) is 1.47. The first-order valence-electron chi connectivity index (χ1n) is 11.7. The molecule has 3 aromatic rings. The van der Waals surface area contributed by atoms with Crippen LogP contribution in [0.5, 0.6) is 5.75 Å². The first-order chi connectivity index (χ1) is 17.6. The third-order valence-electron chi connectivity index (χ3n) is 5.89. The van der Waals surface area contributed by atoms with Gasteiger partial charge in [0.15, 0.2) is 0 Å². The highest BCUT2D eigenvalue weighted by Gasteiger charge is 2.17. The van der Waals surface area contributed by atoms with E-state index >= 15 is 0 Å². The Morgan fingerprint density at radius 2 is 1.28 bits per heavy atom. The Morgan fingerprint density at radius 1 is 0.750 bits per heavy atom. The molecule has 2 heterocycles. The molecule has 2 amide bonds. The molecule has 0 bridgehead atoms. The zero-order chi connectivity index (χ0) is 24.9. The van der Waals surface area contributed by atoms with Gasteiger partial charge in [-0.2, -0.15) is 0 Å². The van der Waals surface area contributed by atoms with Gasteiger partial charge in [-0.05, 0) is 66.7 Å². The van der Waals surface area contributed by atoms with E-state index in [0.717, 1.165) is 49.0 Å². The van der Waals surface area contributed by atoms with Gasteiger partial charge in [0.25, 0.3) is 11.8 Å². The molecule has 0 saturated carbocycles. The van der Waals surface area contributed by atoms with Gasteiger partial charge in [0.1, 0.15) is 17.4 Å². The summed E-state index contributed by atoms with van der Waals surface area (Å²) in [5.74, 6) is 1.40. The zero-order valence-corrected chi connectivity index (χ0v) is 19.8. The number of carbonyl (C=O) groups excluding carboxylic acids is 2. The lowest BCUT2D eigenvalue weighted by atomic mass is 10.1. The zero-order valence-electron chi connectivity index (χ0n) is 19.8. The molecule has 182 valence electrons. The highest BCUT2D eigenvalue weighted by Crippen LogP contribution is 2.23. The number of aliphatic imine (C=N–C) groups is 2. The minimum absolute atomic E-state index is 0.302. The van der Waals surface area contributed by atoms with E-state index in [0.29, 0.717) is 28.3 Å². The number of amides is 2. The van der Waals surface area contributed by atoms with Crippen LogP contribution in [0.1, 0.15) is 31.8 Å². The standard InChI is InChI=1S/C27H26N6O3/c1-36-23-16-19(26(34)32-20-7-2-17(3-8-20)24-28-12-13-29-24)6-11-22(23)27(35)33-21-9-4-18(5-10-21)25-30-14-15-31-25/h2-11,16H,12-15H2,1H3,(H,28,29)(H,30,31)(H,32,34)(H,33,35). The normalized spacial score (nSPS) is 14.2. The molecule has 36 heavy (non-hydrogen) atoms. The smallest absolute Gasteiger partial charge is 0.259 e. The van der Waals surface area contributed by atoms with E-state index in [1.54, 1.807) is 18.2 Å². The number of carbonyl (C=O) groups is 2. The fourth-order valence-corrected chi connectivity index (χ4v) is 4.03. The van der Waals surface area contributed by atoms with Crippen molar-refractivity contribution in [1.82, 2.24) is 10.6 Å². The number of hydrogen-bond donors (Lipinski definition) is 4. The van der Waals surface area contributed by atoms with Crippen molar-refractivity contribution in [2.75, 3.05) is 43.9 Å². The second-order valence-electron chi connectivity index (χ2n) is 8.29. The third-order valence-corrected chi connectivity index (χ3v) is 5.89. The van der Waals surface area contributed by atoms with Gasteiger partial charge in [0.2, 0.25) is 0 Å². The van der Waals surface area contributed by atoms with Gasteiger partial charge in [-0.3, -0.25) is 19.6 Å². The minimum Gasteiger partial charge on any atom is -0.496 e. The largest absolute Gasteiger partial charge is 0.496 e. The number of anilines is 2. The summed E-state index contributed by atoms with van der Waals surface area (Å²) in [5.41, 5.74) is 3.95. The molecule has 0 aliphatic carbocycles. The lowest BCUT2D eigenvalue weighted by Crippen LogP contribution is -2.19. The summed E-state index contributed by atoms with van der Waals surface area (Å²) < 4.78 is 5.42.